The maximum Gasteiger partial charge on any atom is 0.356 e. The number of esters is 1. The molecule has 0 bridgehead atoms. The van der Waals surface area contributed by atoms with Crippen LogP contribution in [0.5, 0.6) is 0 Å². The molecule has 0 fully saturated rings. The fraction of sp³-hybridized carbons (Fsp3) is 0.333. The molecule has 5 heteroatoms. The SMILES string of the molecule is COC(=O)c1c(C=CCCl)cnn1C. The first-order chi connectivity index (χ1) is 6.70. The molecule has 0 unspecified atom stereocenters. The number of hydrogen-bond acceptors (Lipinski definition) is 3. The number of methoxy groups -OCH3 is 1. The molecule has 14 heavy (non-hydrogen) atoms. The molecule has 1 heterocycles. The number of alkyl halides is 1. The molecule has 0 radical (unpaired) electrons. The third kappa shape index (κ3) is 2.14. The largest absolute Gasteiger partial charge is 0.464 e. The van der Waals surface area contributed by atoms with Crippen LogP contribution in [0.25, 0.3) is 6.08 Å². The van der Waals surface area contributed by atoms with Gasteiger partial charge in [-0.25, -0.2) is 4.79 Å². The summed E-state index contributed by atoms with van der Waals surface area (Å²) in [6.45, 7) is 0. The summed E-state index contributed by atoms with van der Waals surface area (Å²) < 4.78 is 6.10. The Labute approximate surface area is 87.1 Å². The van der Waals surface area contributed by atoms with Gasteiger partial charge in [-0.2, -0.15) is 5.10 Å². The van der Waals surface area contributed by atoms with Gasteiger partial charge < -0.3 is 4.74 Å². The third-order valence-corrected chi connectivity index (χ3v) is 1.91. The number of halogens is 1. The van der Waals surface area contributed by atoms with Crippen molar-refractivity contribution in [2.45, 2.75) is 0 Å². The molecule has 0 N–H and O–H groups in total. The van der Waals surface area contributed by atoms with Gasteiger partial charge in [0.05, 0.1) is 13.3 Å². The van der Waals surface area contributed by atoms with E-state index in [0.717, 1.165) is 0 Å². The number of allylic oxidation sites excluding steroid dienone is 1. The predicted octanol–water partition coefficient (Wildman–Crippen LogP) is 1.46. The van der Waals surface area contributed by atoms with Gasteiger partial charge in [0.2, 0.25) is 0 Å². The second kappa shape index (κ2) is 4.81. The first-order valence-corrected chi connectivity index (χ1v) is 4.57. The van der Waals surface area contributed by atoms with Crippen LogP contribution in [0.3, 0.4) is 0 Å². The minimum absolute atomic E-state index is 0.398. The van der Waals surface area contributed by atoms with Crippen LogP contribution in [0.4, 0.5) is 0 Å². The molecule has 1 aromatic heterocycles. The van der Waals surface area contributed by atoms with Crippen molar-refractivity contribution in [3.05, 3.63) is 23.5 Å². The first kappa shape index (κ1) is 10.8. The Kier molecular flexibility index (Phi) is 3.71. The fourth-order valence-electron chi connectivity index (χ4n) is 1.09. The lowest BCUT2D eigenvalue weighted by molar-refractivity contribution is 0.0588. The molecular weight excluding hydrogens is 204 g/mol. The van der Waals surface area contributed by atoms with Crippen molar-refractivity contribution in [2.75, 3.05) is 13.0 Å². The van der Waals surface area contributed by atoms with Crippen molar-refractivity contribution in [2.24, 2.45) is 7.05 Å². The zero-order valence-electron chi connectivity index (χ0n) is 8.03. The van der Waals surface area contributed by atoms with E-state index in [0.29, 0.717) is 17.1 Å². The molecule has 1 aromatic rings. The third-order valence-electron chi connectivity index (χ3n) is 1.73. The highest BCUT2D eigenvalue weighted by molar-refractivity contribution is 6.19. The van der Waals surface area contributed by atoms with Crippen molar-refractivity contribution in [3.8, 4) is 0 Å². The number of carbonyl (C=O) groups excluding carboxylic acids is 1. The number of nitrogens with zero attached hydrogens (tertiary/aromatic N) is 2. The summed E-state index contributed by atoms with van der Waals surface area (Å²) in [6, 6.07) is 0. The molecule has 0 saturated carbocycles. The van der Waals surface area contributed by atoms with E-state index in [9.17, 15) is 4.79 Å². The van der Waals surface area contributed by atoms with Crippen LogP contribution in [0.1, 0.15) is 16.1 Å². The molecule has 0 spiro atoms. The standard InChI is InChI=1S/C9H11ClN2O2/c1-12-8(9(13)14-2)7(6-11-12)4-3-5-10/h3-4,6H,5H2,1-2H3. The number of carbonyl (C=O) groups is 1. The normalized spacial score (nSPS) is 10.8. The molecule has 0 aliphatic rings. The first-order valence-electron chi connectivity index (χ1n) is 4.03. The molecule has 0 aliphatic carbocycles. The summed E-state index contributed by atoms with van der Waals surface area (Å²) in [5.41, 5.74) is 1.13. The quantitative estimate of drug-likeness (QED) is 0.565. The molecule has 0 atom stereocenters. The van der Waals surface area contributed by atoms with Crippen LogP contribution >= 0.6 is 11.6 Å². The summed E-state index contributed by atoms with van der Waals surface area (Å²) in [6.07, 6.45) is 5.08. The van der Waals surface area contributed by atoms with E-state index in [1.54, 1.807) is 25.4 Å². The highest BCUT2D eigenvalue weighted by Crippen LogP contribution is 2.10. The number of aromatic nitrogens is 2. The Morgan fingerprint density at radius 2 is 2.50 bits per heavy atom. The van der Waals surface area contributed by atoms with Gasteiger partial charge in [0.15, 0.2) is 5.69 Å². The van der Waals surface area contributed by atoms with Crippen LogP contribution in [-0.4, -0.2) is 28.7 Å². The highest BCUT2D eigenvalue weighted by atomic mass is 35.5. The maximum atomic E-state index is 11.3. The number of hydrogen-bond donors (Lipinski definition) is 0. The van der Waals surface area contributed by atoms with Gasteiger partial charge in [0, 0.05) is 18.5 Å². The summed E-state index contributed by atoms with van der Waals surface area (Å²) in [4.78, 5) is 11.3. The number of aryl methyl sites for hydroxylation is 1. The van der Waals surface area contributed by atoms with Gasteiger partial charge in [-0.15, -0.1) is 11.6 Å². The smallest absolute Gasteiger partial charge is 0.356 e. The predicted molar refractivity (Wildman–Crippen MR) is 54.3 cm³/mol. The molecule has 0 aromatic carbocycles. The van der Waals surface area contributed by atoms with Crippen molar-refractivity contribution < 1.29 is 9.53 Å². The van der Waals surface area contributed by atoms with Crippen molar-refractivity contribution >= 4 is 23.6 Å². The van der Waals surface area contributed by atoms with E-state index in [1.165, 1.54) is 11.8 Å². The Bertz CT molecular complexity index is 358. The van der Waals surface area contributed by atoms with E-state index < -0.39 is 5.97 Å². The Hall–Kier alpha value is -1.29. The van der Waals surface area contributed by atoms with Crippen molar-refractivity contribution in [1.82, 2.24) is 9.78 Å². The summed E-state index contributed by atoms with van der Waals surface area (Å²) >= 11 is 5.49. The monoisotopic (exact) mass is 214 g/mol. The van der Waals surface area contributed by atoms with Gasteiger partial charge in [0.25, 0.3) is 0 Å². The number of rotatable bonds is 3. The average molecular weight is 215 g/mol. The number of ether oxygens (including phenoxy) is 1. The minimum atomic E-state index is -0.403. The lowest BCUT2D eigenvalue weighted by Gasteiger charge is -2.00. The zero-order chi connectivity index (χ0) is 10.6. The molecule has 0 aliphatic heterocycles. The maximum absolute atomic E-state index is 11.3. The second-order valence-electron chi connectivity index (χ2n) is 2.62. The zero-order valence-corrected chi connectivity index (χ0v) is 8.78. The van der Waals surface area contributed by atoms with E-state index in [1.807, 2.05) is 0 Å². The summed E-state index contributed by atoms with van der Waals surface area (Å²) in [5, 5.41) is 3.96. The van der Waals surface area contributed by atoms with Gasteiger partial charge in [-0.05, 0) is 0 Å². The lowest BCUT2D eigenvalue weighted by Crippen LogP contribution is -2.09. The van der Waals surface area contributed by atoms with Gasteiger partial charge in [-0.3, -0.25) is 4.68 Å². The van der Waals surface area contributed by atoms with E-state index >= 15 is 0 Å². The van der Waals surface area contributed by atoms with Crippen molar-refractivity contribution in [3.63, 3.8) is 0 Å². The molecule has 1 rings (SSSR count). The molecule has 4 nitrogen and oxygen atoms in total. The Balaban J connectivity index is 3.06. The van der Waals surface area contributed by atoms with Gasteiger partial charge in [0.1, 0.15) is 0 Å². The second-order valence-corrected chi connectivity index (χ2v) is 2.93. The Morgan fingerprint density at radius 3 is 3.07 bits per heavy atom. The van der Waals surface area contributed by atoms with Crippen molar-refractivity contribution in [1.29, 1.82) is 0 Å². The topological polar surface area (TPSA) is 44.1 Å². The van der Waals surface area contributed by atoms with Crippen LogP contribution in [0, 0.1) is 0 Å². The van der Waals surface area contributed by atoms with E-state index in [4.69, 9.17) is 11.6 Å². The lowest BCUT2D eigenvalue weighted by atomic mass is 10.2. The summed E-state index contributed by atoms with van der Waals surface area (Å²) in [7, 11) is 3.02. The highest BCUT2D eigenvalue weighted by Gasteiger charge is 2.14. The van der Waals surface area contributed by atoms with Crippen LogP contribution in [0.15, 0.2) is 12.3 Å². The van der Waals surface area contributed by atoms with Crippen LogP contribution < -0.4 is 0 Å². The minimum Gasteiger partial charge on any atom is -0.464 e. The van der Waals surface area contributed by atoms with Gasteiger partial charge in [-0.1, -0.05) is 12.2 Å². The molecule has 0 saturated heterocycles. The van der Waals surface area contributed by atoms with E-state index in [-0.39, 0.29) is 0 Å². The van der Waals surface area contributed by atoms with Gasteiger partial charge >= 0.3 is 5.97 Å². The molecule has 0 amide bonds. The van der Waals surface area contributed by atoms with E-state index in [2.05, 4.69) is 9.84 Å². The molecule has 76 valence electrons. The average Bonchev–Trinajstić information content (AvgIpc) is 2.55. The summed E-state index contributed by atoms with van der Waals surface area (Å²) in [5.74, 6) is -0.00518. The fourth-order valence-corrected chi connectivity index (χ4v) is 1.18. The Morgan fingerprint density at radius 1 is 1.79 bits per heavy atom. The molecular formula is C9H11ClN2O2. The van der Waals surface area contributed by atoms with Crippen LogP contribution in [0.2, 0.25) is 0 Å². The van der Waals surface area contributed by atoms with Crippen LogP contribution in [-0.2, 0) is 11.8 Å².